The number of ether oxygens (including phenoxy) is 1. The number of rotatable bonds is 7. The predicted molar refractivity (Wildman–Crippen MR) is 118 cm³/mol. The fourth-order valence-corrected chi connectivity index (χ4v) is 4.89. The van der Waals surface area contributed by atoms with Crippen molar-refractivity contribution in [3.8, 4) is 0 Å². The highest BCUT2D eigenvalue weighted by Crippen LogP contribution is 2.36. The first-order valence-electron chi connectivity index (χ1n) is 11.5. The molecule has 1 amide bonds. The molecule has 0 spiro atoms. The van der Waals surface area contributed by atoms with Crippen molar-refractivity contribution in [2.24, 2.45) is 5.92 Å². The number of carbonyl (C=O) groups excluding carboxylic acids is 1. The van der Waals surface area contributed by atoms with E-state index >= 15 is 0 Å². The van der Waals surface area contributed by atoms with Gasteiger partial charge in [0.1, 0.15) is 17.2 Å². The second-order valence-corrected chi connectivity index (χ2v) is 9.82. The van der Waals surface area contributed by atoms with Crippen LogP contribution in [-0.4, -0.2) is 77.8 Å². The number of nitrogens with one attached hydrogen (secondary N) is 1. The second kappa shape index (κ2) is 10.2. The number of carbonyl (C=O) groups is 1. The van der Waals surface area contributed by atoms with Crippen molar-refractivity contribution in [1.29, 1.82) is 0 Å². The molecular weight excluding hydrogens is 440 g/mol. The van der Waals surface area contributed by atoms with E-state index in [9.17, 15) is 22.4 Å². The number of hydrogen-bond donors (Lipinski definition) is 1. The smallest absolute Gasteiger partial charge is 0.381 e. The van der Waals surface area contributed by atoms with Crippen molar-refractivity contribution in [3.63, 3.8) is 0 Å². The van der Waals surface area contributed by atoms with E-state index in [2.05, 4.69) is 20.1 Å². The lowest BCUT2D eigenvalue weighted by Gasteiger charge is -2.51. The molecule has 10 heteroatoms. The number of amides is 1. The number of pyridine rings is 1. The molecule has 0 saturated carbocycles. The van der Waals surface area contributed by atoms with Crippen LogP contribution in [0.5, 0.6) is 0 Å². The first-order valence-corrected chi connectivity index (χ1v) is 11.5. The molecule has 2 aliphatic heterocycles. The van der Waals surface area contributed by atoms with E-state index in [1.165, 1.54) is 12.1 Å². The van der Waals surface area contributed by atoms with Gasteiger partial charge in [-0.15, -0.1) is 0 Å². The molecule has 2 saturated heterocycles. The Bertz CT molecular complexity index is 798. The molecule has 6 nitrogen and oxygen atoms in total. The van der Waals surface area contributed by atoms with E-state index in [1.807, 2.05) is 0 Å². The summed E-state index contributed by atoms with van der Waals surface area (Å²) in [7, 11) is 0. The minimum atomic E-state index is -4.57. The van der Waals surface area contributed by atoms with Crippen molar-refractivity contribution >= 4 is 11.7 Å². The summed E-state index contributed by atoms with van der Waals surface area (Å²) in [5.74, 6) is -0.891. The quantitative estimate of drug-likeness (QED) is 0.606. The summed E-state index contributed by atoms with van der Waals surface area (Å²) in [6, 6.07) is 3.46. The largest absolute Gasteiger partial charge is 0.433 e. The fourth-order valence-electron chi connectivity index (χ4n) is 4.89. The Hall–Kier alpha value is -1.78. The van der Waals surface area contributed by atoms with Crippen LogP contribution in [0.2, 0.25) is 0 Å². The maximum Gasteiger partial charge on any atom is 0.433 e. The van der Waals surface area contributed by atoms with Gasteiger partial charge in [-0.05, 0) is 45.2 Å². The molecule has 2 fully saturated rings. The van der Waals surface area contributed by atoms with Crippen LogP contribution in [0.4, 0.5) is 23.4 Å². The second-order valence-electron chi connectivity index (χ2n) is 9.82. The zero-order valence-corrected chi connectivity index (χ0v) is 19.6. The molecule has 186 valence electrons. The topological polar surface area (TPSA) is 57.7 Å². The number of alkyl halides is 4. The standard InChI is InChI=1S/C23H34F4N4O2/c1-17(20(32)29-19-6-4-5-18(28-19)23(25,26)27)15-22(7-13-33-14-8-22)31-11-9-30(10-12-31)16-21(2,3)24/h4-6,17H,7-16H2,1-3H3,(H,28,29,32). The molecule has 1 aromatic rings. The van der Waals surface area contributed by atoms with Crippen LogP contribution >= 0.6 is 0 Å². The maximum atomic E-state index is 14.0. The van der Waals surface area contributed by atoms with Crippen LogP contribution in [0.1, 0.15) is 45.7 Å². The minimum absolute atomic E-state index is 0.106. The summed E-state index contributed by atoms with van der Waals surface area (Å²) < 4.78 is 58.4. The number of nitrogens with zero attached hydrogens (tertiary/aromatic N) is 3. The lowest BCUT2D eigenvalue weighted by molar-refractivity contribution is -0.141. The monoisotopic (exact) mass is 474 g/mol. The van der Waals surface area contributed by atoms with Gasteiger partial charge in [-0.25, -0.2) is 9.37 Å². The molecule has 1 atom stereocenters. The molecule has 0 aliphatic carbocycles. The lowest BCUT2D eigenvalue weighted by Crippen LogP contribution is -2.60. The van der Waals surface area contributed by atoms with Crippen molar-refractivity contribution < 1.29 is 27.1 Å². The van der Waals surface area contributed by atoms with E-state index in [1.54, 1.807) is 20.8 Å². The summed E-state index contributed by atoms with van der Waals surface area (Å²) in [6.45, 7) is 9.61. The molecule has 3 heterocycles. The van der Waals surface area contributed by atoms with Crippen LogP contribution < -0.4 is 5.32 Å². The van der Waals surface area contributed by atoms with E-state index in [-0.39, 0.29) is 17.3 Å². The Morgan fingerprint density at radius 3 is 2.36 bits per heavy atom. The first-order chi connectivity index (χ1) is 15.4. The van der Waals surface area contributed by atoms with Gasteiger partial charge in [0.15, 0.2) is 0 Å². The SMILES string of the molecule is CC(CC1(N2CCN(CC(C)(C)F)CC2)CCOCC1)C(=O)Nc1cccc(C(F)(F)F)n1. The molecule has 1 unspecified atom stereocenters. The van der Waals surface area contributed by atoms with Crippen LogP contribution in [0.3, 0.4) is 0 Å². The molecule has 33 heavy (non-hydrogen) atoms. The van der Waals surface area contributed by atoms with Gasteiger partial charge in [-0.2, -0.15) is 13.2 Å². The Labute approximate surface area is 192 Å². The highest BCUT2D eigenvalue weighted by Gasteiger charge is 2.42. The number of halogens is 4. The highest BCUT2D eigenvalue weighted by atomic mass is 19.4. The van der Waals surface area contributed by atoms with Crippen LogP contribution in [0, 0.1) is 5.92 Å². The van der Waals surface area contributed by atoms with E-state index < -0.39 is 23.5 Å². The van der Waals surface area contributed by atoms with Crippen LogP contribution in [-0.2, 0) is 15.7 Å². The van der Waals surface area contributed by atoms with Crippen LogP contribution in [0.15, 0.2) is 18.2 Å². The van der Waals surface area contributed by atoms with E-state index in [0.717, 1.165) is 45.1 Å². The third-order valence-corrected chi connectivity index (χ3v) is 6.49. The predicted octanol–water partition coefficient (Wildman–Crippen LogP) is 3.98. The highest BCUT2D eigenvalue weighted by molar-refractivity contribution is 5.91. The molecule has 0 bridgehead atoms. The fraction of sp³-hybridized carbons (Fsp3) is 0.739. The summed E-state index contributed by atoms with van der Waals surface area (Å²) in [5, 5.41) is 2.55. The lowest BCUT2D eigenvalue weighted by atomic mass is 9.79. The summed E-state index contributed by atoms with van der Waals surface area (Å²) in [4.78, 5) is 20.9. The summed E-state index contributed by atoms with van der Waals surface area (Å²) in [6.07, 6.45) is -2.45. The van der Waals surface area contributed by atoms with Gasteiger partial charge < -0.3 is 10.1 Å². The van der Waals surface area contributed by atoms with Crippen molar-refractivity contribution in [1.82, 2.24) is 14.8 Å². The average molecular weight is 475 g/mol. The summed E-state index contributed by atoms with van der Waals surface area (Å²) >= 11 is 0. The van der Waals surface area contributed by atoms with E-state index in [4.69, 9.17) is 4.74 Å². The van der Waals surface area contributed by atoms with Gasteiger partial charge in [0.05, 0.1) is 0 Å². The Balaban J connectivity index is 1.65. The molecule has 1 aromatic heterocycles. The Kier molecular flexibility index (Phi) is 8.01. The molecule has 0 aromatic carbocycles. The minimum Gasteiger partial charge on any atom is -0.381 e. The van der Waals surface area contributed by atoms with Crippen LogP contribution in [0.25, 0.3) is 0 Å². The van der Waals surface area contributed by atoms with Gasteiger partial charge >= 0.3 is 6.18 Å². The average Bonchev–Trinajstić information content (AvgIpc) is 2.73. The molecule has 2 aliphatic rings. The Morgan fingerprint density at radius 2 is 1.79 bits per heavy atom. The molecule has 3 rings (SSSR count). The first kappa shape index (κ1) is 25.8. The molecule has 1 N–H and O–H groups in total. The van der Waals surface area contributed by atoms with Gasteiger partial charge in [0.25, 0.3) is 0 Å². The van der Waals surface area contributed by atoms with Crippen molar-refractivity contribution in [2.45, 2.75) is 57.4 Å². The van der Waals surface area contributed by atoms with Crippen molar-refractivity contribution in [2.75, 3.05) is 51.3 Å². The van der Waals surface area contributed by atoms with Gasteiger partial charge in [0.2, 0.25) is 5.91 Å². The van der Waals surface area contributed by atoms with Gasteiger partial charge in [0, 0.05) is 57.4 Å². The van der Waals surface area contributed by atoms with Crippen molar-refractivity contribution in [3.05, 3.63) is 23.9 Å². The number of anilines is 1. The zero-order valence-electron chi connectivity index (χ0n) is 19.6. The molecule has 0 radical (unpaired) electrons. The van der Waals surface area contributed by atoms with E-state index in [0.29, 0.717) is 26.2 Å². The third kappa shape index (κ3) is 7.10. The number of piperazine rings is 1. The third-order valence-electron chi connectivity index (χ3n) is 6.49. The summed E-state index contributed by atoms with van der Waals surface area (Å²) in [5.41, 5.74) is -2.51. The number of hydrogen-bond acceptors (Lipinski definition) is 5. The normalized spacial score (nSPS) is 21.5. The zero-order chi connectivity index (χ0) is 24.3. The number of aromatic nitrogens is 1. The Morgan fingerprint density at radius 1 is 1.15 bits per heavy atom. The molecular formula is C23H34F4N4O2. The maximum absolute atomic E-state index is 14.0. The van der Waals surface area contributed by atoms with Gasteiger partial charge in [-0.3, -0.25) is 14.6 Å². The van der Waals surface area contributed by atoms with Gasteiger partial charge in [-0.1, -0.05) is 13.0 Å².